The van der Waals surface area contributed by atoms with Crippen LogP contribution in [-0.4, -0.2) is 16.6 Å². The summed E-state index contributed by atoms with van der Waals surface area (Å²) in [6, 6.07) is 17.4. The number of ether oxygens (including phenoxy) is 1. The quantitative estimate of drug-likeness (QED) is 0.0676. The van der Waals surface area contributed by atoms with Crippen LogP contribution in [0.1, 0.15) is 148 Å². The van der Waals surface area contributed by atoms with Crippen LogP contribution < -0.4 is 4.74 Å². The largest absolute Gasteiger partial charge is 0.494 e. The lowest BCUT2D eigenvalue weighted by molar-refractivity contribution is 0.309. The molecule has 4 heteroatoms. The highest BCUT2D eigenvalue weighted by atomic mass is 32.1. The summed E-state index contributed by atoms with van der Waals surface area (Å²) in [6.07, 6.45) is 28.9. The van der Waals surface area contributed by atoms with Gasteiger partial charge in [-0.15, -0.1) is 11.3 Å². The van der Waals surface area contributed by atoms with Gasteiger partial charge in [-0.25, -0.2) is 9.97 Å². The number of aryl methyl sites for hydroxylation is 1. The number of thiophene rings is 1. The lowest BCUT2D eigenvalue weighted by Crippen LogP contribution is -1.97. The van der Waals surface area contributed by atoms with Gasteiger partial charge in [-0.1, -0.05) is 154 Å². The van der Waals surface area contributed by atoms with Crippen LogP contribution in [0.5, 0.6) is 5.75 Å². The van der Waals surface area contributed by atoms with E-state index < -0.39 is 0 Å². The van der Waals surface area contributed by atoms with Crippen molar-refractivity contribution in [1.82, 2.24) is 9.97 Å². The molecule has 0 fully saturated rings. The van der Waals surface area contributed by atoms with Crippen molar-refractivity contribution in [2.45, 2.75) is 149 Å². The molecular formula is C42H60N2OS. The fourth-order valence-corrected chi connectivity index (χ4v) is 6.98. The predicted molar refractivity (Wildman–Crippen MR) is 201 cm³/mol. The number of aromatic nitrogens is 2. The van der Waals surface area contributed by atoms with Crippen LogP contribution in [0.4, 0.5) is 0 Å². The molecule has 4 aromatic rings. The Bertz CT molecular complexity index is 1340. The summed E-state index contributed by atoms with van der Waals surface area (Å²) in [5.74, 6) is 0.910. The van der Waals surface area contributed by atoms with Gasteiger partial charge >= 0.3 is 0 Å². The zero-order valence-electron chi connectivity index (χ0n) is 29.0. The van der Waals surface area contributed by atoms with Crippen LogP contribution in [0.15, 0.2) is 59.3 Å². The van der Waals surface area contributed by atoms with Crippen LogP contribution in [0.3, 0.4) is 0 Å². The molecule has 250 valence electrons. The van der Waals surface area contributed by atoms with Crippen molar-refractivity contribution in [2.24, 2.45) is 0 Å². The Morgan fingerprint density at radius 1 is 0.478 bits per heavy atom. The Hall–Kier alpha value is -2.72. The minimum Gasteiger partial charge on any atom is -0.494 e. The number of nitrogens with zero attached hydrogens (tertiary/aromatic N) is 2. The summed E-state index contributed by atoms with van der Waals surface area (Å²) in [7, 11) is 0. The van der Waals surface area contributed by atoms with Gasteiger partial charge in [0, 0.05) is 21.9 Å². The number of fused-ring (bicyclic) bond motifs is 1. The Balaban J connectivity index is 1.12. The van der Waals surface area contributed by atoms with Gasteiger partial charge < -0.3 is 4.74 Å². The minimum atomic E-state index is 0.758. The molecule has 2 aromatic carbocycles. The first-order valence-electron chi connectivity index (χ1n) is 18.8. The fraction of sp³-hybridized carbons (Fsp3) is 0.571. The highest BCUT2D eigenvalue weighted by Gasteiger charge is 2.14. The van der Waals surface area contributed by atoms with Crippen molar-refractivity contribution in [3.63, 3.8) is 0 Å². The van der Waals surface area contributed by atoms with Gasteiger partial charge in [-0.2, -0.15) is 0 Å². The van der Waals surface area contributed by atoms with E-state index in [1.165, 1.54) is 121 Å². The van der Waals surface area contributed by atoms with E-state index in [1.54, 1.807) is 11.3 Å². The molecular weight excluding hydrogens is 581 g/mol. The maximum atomic E-state index is 5.89. The number of benzene rings is 2. The van der Waals surface area contributed by atoms with Crippen LogP contribution in [0.2, 0.25) is 0 Å². The summed E-state index contributed by atoms with van der Waals surface area (Å²) < 4.78 is 5.89. The Kier molecular flexibility index (Phi) is 17.2. The number of rotatable bonds is 25. The summed E-state index contributed by atoms with van der Waals surface area (Å²) in [4.78, 5) is 10.1. The van der Waals surface area contributed by atoms with Crippen LogP contribution in [-0.2, 0) is 6.42 Å². The molecule has 0 amide bonds. The number of unbranched alkanes of at least 4 members (excludes halogenated alkanes) is 18. The van der Waals surface area contributed by atoms with Crippen molar-refractivity contribution in [3.05, 3.63) is 64.9 Å². The van der Waals surface area contributed by atoms with Crippen molar-refractivity contribution >= 4 is 22.4 Å². The smallest absolute Gasteiger partial charge is 0.119 e. The zero-order valence-corrected chi connectivity index (χ0v) is 29.9. The zero-order chi connectivity index (χ0) is 32.1. The summed E-state index contributed by atoms with van der Waals surface area (Å²) in [5, 5.41) is 4.17. The van der Waals surface area contributed by atoms with E-state index in [0.717, 1.165) is 65.2 Å². The predicted octanol–water partition coefficient (Wildman–Crippen LogP) is 13.8. The normalized spacial score (nSPS) is 11.4. The molecule has 0 aliphatic heterocycles. The van der Waals surface area contributed by atoms with Crippen molar-refractivity contribution < 1.29 is 4.74 Å². The van der Waals surface area contributed by atoms with Crippen molar-refractivity contribution in [1.29, 1.82) is 0 Å². The van der Waals surface area contributed by atoms with Gasteiger partial charge in [0.15, 0.2) is 0 Å². The molecule has 0 bridgehead atoms. The Morgan fingerprint density at radius 3 is 1.35 bits per heavy atom. The maximum absolute atomic E-state index is 5.89. The standard InChI is InChI=1S/C42H60N2OS/c1-3-5-7-8-9-10-11-12-13-14-15-16-17-18-19-20-21-22-23-35-24-26-36(27-25-35)41-42(44-40-34-46-33-39(40)43-41)37-28-30-38(31-29-37)45-32-6-4-2/h24-31,33-34H,3-23,32H2,1-2H3. The van der Waals surface area contributed by atoms with Gasteiger partial charge in [0.1, 0.15) is 16.8 Å². The van der Waals surface area contributed by atoms with Gasteiger partial charge in [-0.3, -0.25) is 0 Å². The topological polar surface area (TPSA) is 35.0 Å². The molecule has 2 heterocycles. The molecule has 0 spiro atoms. The lowest BCUT2D eigenvalue weighted by Gasteiger charge is -2.11. The fourth-order valence-electron chi connectivity index (χ4n) is 6.30. The van der Waals surface area contributed by atoms with Gasteiger partial charge in [-0.05, 0) is 49.1 Å². The molecule has 46 heavy (non-hydrogen) atoms. The van der Waals surface area contributed by atoms with Crippen LogP contribution in [0.25, 0.3) is 33.5 Å². The monoisotopic (exact) mass is 640 g/mol. The average Bonchev–Trinajstić information content (AvgIpc) is 3.56. The molecule has 0 atom stereocenters. The lowest BCUT2D eigenvalue weighted by atomic mass is 10.00. The van der Waals surface area contributed by atoms with E-state index in [-0.39, 0.29) is 0 Å². The second-order valence-corrected chi connectivity index (χ2v) is 14.0. The second-order valence-electron chi connectivity index (χ2n) is 13.2. The third-order valence-electron chi connectivity index (χ3n) is 9.25. The van der Waals surface area contributed by atoms with Gasteiger partial charge in [0.05, 0.1) is 18.0 Å². The molecule has 0 radical (unpaired) electrons. The van der Waals surface area contributed by atoms with Crippen LogP contribution in [0, 0.1) is 0 Å². The van der Waals surface area contributed by atoms with E-state index in [1.807, 2.05) is 0 Å². The molecule has 0 aliphatic rings. The maximum Gasteiger partial charge on any atom is 0.119 e. The van der Waals surface area contributed by atoms with Gasteiger partial charge in [0.25, 0.3) is 0 Å². The Labute approximate surface area is 284 Å². The van der Waals surface area contributed by atoms with Crippen molar-refractivity contribution in [2.75, 3.05) is 6.61 Å². The van der Waals surface area contributed by atoms with E-state index in [0.29, 0.717) is 0 Å². The third kappa shape index (κ3) is 12.8. The summed E-state index contributed by atoms with van der Waals surface area (Å²) in [6.45, 7) is 5.24. The van der Waals surface area contributed by atoms with E-state index >= 15 is 0 Å². The molecule has 4 rings (SSSR count). The number of hydrogen-bond donors (Lipinski definition) is 0. The molecule has 0 N–H and O–H groups in total. The molecule has 0 saturated heterocycles. The molecule has 2 aromatic heterocycles. The minimum absolute atomic E-state index is 0.758. The molecule has 0 saturated carbocycles. The first-order valence-corrected chi connectivity index (χ1v) is 19.8. The first kappa shape index (κ1) is 36.1. The highest BCUT2D eigenvalue weighted by Crippen LogP contribution is 2.33. The average molecular weight is 641 g/mol. The molecule has 0 unspecified atom stereocenters. The second kappa shape index (κ2) is 22.0. The molecule has 3 nitrogen and oxygen atoms in total. The first-order chi connectivity index (χ1) is 22.8. The molecule has 0 aliphatic carbocycles. The van der Waals surface area contributed by atoms with E-state index in [2.05, 4.69) is 73.1 Å². The Morgan fingerprint density at radius 2 is 0.891 bits per heavy atom. The summed E-state index contributed by atoms with van der Waals surface area (Å²) >= 11 is 1.66. The van der Waals surface area contributed by atoms with E-state index in [4.69, 9.17) is 14.7 Å². The highest BCUT2D eigenvalue weighted by molar-refractivity contribution is 7.09. The summed E-state index contributed by atoms with van der Waals surface area (Å²) in [5.41, 5.74) is 7.41. The van der Waals surface area contributed by atoms with E-state index in [9.17, 15) is 0 Å². The van der Waals surface area contributed by atoms with Gasteiger partial charge in [0.2, 0.25) is 0 Å². The number of hydrogen-bond acceptors (Lipinski definition) is 4. The van der Waals surface area contributed by atoms with Crippen molar-refractivity contribution in [3.8, 4) is 28.3 Å². The third-order valence-corrected chi connectivity index (χ3v) is 9.97. The van der Waals surface area contributed by atoms with Crippen LogP contribution >= 0.6 is 11.3 Å². The SMILES string of the molecule is CCCCCCCCCCCCCCCCCCCCc1ccc(-c2nc3cscc3nc2-c2ccc(OCCCC)cc2)cc1.